The van der Waals surface area contributed by atoms with E-state index in [0.717, 1.165) is 12.0 Å². The number of hydrogen-bond acceptors (Lipinski definition) is 4. The van der Waals surface area contributed by atoms with Crippen molar-refractivity contribution in [3.05, 3.63) is 35.4 Å². The normalized spacial score (nSPS) is 26.8. The molecule has 0 aromatic heterocycles. The van der Waals surface area contributed by atoms with Crippen molar-refractivity contribution < 1.29 is 13.5 Å². The summed E-state index contributed by atoms with van der Waals surface area (Å²) in [5.74, 6) is -0.280. The van der Waals surface area contributed by atoms with Crippen LogP contribution in [0.1, 0.15) is 30.6 Å². The number of benzene rings is 1. The van der Waals surface area contributed by atoms with Crippen LogP contribution in [-0.4, -0.2) is 25.0 Å². The molecule has 2 rings (SSSR count). The molecule has 1 aliphatic heterocycles. The number of aliphatic hydroxyl groups is 1. The zero-order valence-corrected chi connectivity index (χ0v) is 11.7. The molecule has 1 fully saturated rings. The standard InChI is InChI=1S/C14H17NO3S/c1-2-11-3-5-12(6-4-11)13(16)14(9-15)7-8-19(17,18)10-14/h3-6,13,16H,2,7-8,10H2,1H3. The molecule has 1 aromatic carbocycles. The molecule has 0 saturated carbocycles. The van der Waals surface area contributed by atoms with Crippen LogP contribution < -0.4 is 0 Å². The number of aliphatic hydroxyl groups excluding tert-OH is 1. The van der Waals surface area contributed by atoms with Crippen LogP contribution in [0.25, 0.3) is 0 Å². The Morgan fingerprint density at radius 3 is 2.47 bits per heavy atom. The van der Waals surface area contributed by atoms with Crippen LogP contribution in [0.5, 0.6) is 0 Å². The molecular weight excluding hydrogens is 262 g/mol. The van der Waals surface area contributed by atoms with E-state index in [0.29, 0.717) is 5.56 Å². The topological polar surface area (TPSA) is 78.2 Å². The molecule has 5 heteroatoms. The third-order valence-electron chi connectivity index (χ3n) is 3.79. The van der Waals surface area contributed by atoms with Gasteiger partial charge in [-0.2, -0.15) is 5.26 Å². The van der Waals surface area contributed by atoms with Gasteiger partial charge in [0, 0.05) is 0 Å². The molecule has 1 aromatic rings. The van der Waals surface area contributed by atoms with Crippen molar-refractivity contribution in [1.82, 2.24) is 0 Å². The van der Waals surface area contributed by atoms with Crippen molar-refractivity contribution in [2.75, 3.05) is 11.5 Å². The van der Waals surface area contributed by atoms with Gasteiger partial charge in [0.05, 0.1) is 23.7 Å². The van der Waals surface area contributed by atoms with E-state index in [2.05, 4.69) is 0 Å². The average Bonchev–Trinajstić information content (AvgIpc) is 2.75. The monoisotopic (exact) mass is 279 g/mol. The molecule has 1 heterocycles. The zero-order chi connectivity index (χ0) is 14.1. The lowest BCUT2D eigenvalue weighted by molar-refractivity contribution is 0.0793. The predicted molar refractivity (Wildman–Crippen MR) is 72.1 cm³/mol. The number of aryl methyl sites for hydroxylation is 1. The SMILES string of the molecule is CCc1ccc(C(O)C2(C#N)CCS(=O)(=O)C2)cc1. The summed E-state index contributed by atoms with van der Waals surface area (Å²) in [6, 6.07) is 9.37. The van der Waals surface area contributed by atoms with E-state index in [1.807, 2.05) is 25.1 Å². The van der Waals surface area contributed by atoms with E-state index >= 15 is 0 Å². The molecule has 1 aliphatic rings. The molecule has 4 nitrogen and oxygen atoms in total. The first-order chi connectivity index (χ1) is 8.92. The first kappa shape index (κ1) is 14.0. The summed E-state index contributed by atoms with van der Waals surface area (Å²) in [6.07, 6.45) is 0.0390. The summed E-state index contributed by atoms with van der Waals surface area (Å²) in [6.45, 7) is 2.03. The van der Waals surface area contributed by atoms with Crippen LogP contribution >= 0.6 is 0 Å². The first-order valence-electron chi connectivity index (χ1n) is 6.31. The van der Waals surface area contributed by atoms with Gasteiger partial charge in [0.15, 0.2) is 9.84 Å². The zero-order valence-electron chi connectivity index (χ0n) is 10.8. The van der Waals surface area contributed by atoms with Gasteiger partial charge in [0.1, 0.15) is 5.41 Å². The summed E-state index contributed by atoms with van der Waals surface area (Å²) in [5, 5.41) is 19.7. The molecular formula is C14H17NO3S. The van der Waals surface area contributed by atoms with Crippen LogP contribution in [-0.2, 0) is 16.3 Å². The minimum atomic E-state index is -3.21. The Balaban J connectivity index is 2.31. The number of sulfone groups is 1. The number of nitrogens with zero attached hydrogens (tertiary/aromatic N) is 1. The van der Waals surface area contributed by atoms with Crippen molar-refractivity contribution in [3.63, 3.8) is 0 Å². The fourth-order valence-corrected chi connectivity index (χ4v) is 4.47. The Morgan fingerprint density at radius 2 is 2.05 bits per heavy atom. The maximum atomic E-state index is 11.6. The lowest BCUT2D eigenvalue weighted by atomic mass is 9.79. The van der Waals surface area contributed by atoms with Crippen LogP contribution in [0, 0.1) is 16.7 Å². The van der Waals surface area contributed by atoms with Gasteiger partial charge >= 0.3 is 0 Å². The maximum Gasteiger partial charge on any atom is 0.152 e. The summed E-state index contributed by atoms with van der Waals surface area (Å²) in [7, 11) is -3.21. The maximum absolute atomic E-state index is 11.6. The van der Waals surface area contributed by atoms with Crippen molar-refractivity contribution in [3.8, 4) is 6.07 Å². The summed E-state index contributed by atoms with van der Waals surface area (Å²) in [5.41, 5.74) is 0.545. The van der Waals surface area contributed by atoms with E-state index in [1.54, 1.807) is 12.1 Å². The lowest BCUT2D eigenvalue weighted by Gasteiger charge is -2.26. The van der Waals surface area contributed by atoms with Crippen molar-refractivity contribution in [2.24, 2.45) is 5.41 Å². The van der Waals surface area contributed by atoms with E-state index < -0.39 is 21.4 Å². The average molecular weight is 279 g/mol. The highest BCUT2D eigenvalue weighted by atomic mass is 32.2. The van der Waals surface area contributed by atoms with E-state index in [9.17, 15) is 18.8 Å². The Bertz CT molecular complexity index is 601. The third kappa shape index (κ3) is 2.65. The molecule has 2 atom stereocenters. The molecule has 1 N–H and O–H groups in total. The van der Waals surface area contributed by atoms with E-state index in [4.69, 9.17) is 0 Å². The van der Waals surface area contributed by atoms with Gasteiger partial charge in [0.25, 0.3) is 0 Å². The van der Waals surface area contributed by atoms with Crippen molar-refractivity contribution in [2.45, 2.75) is 25.9 Å². The van der Waals surface area contributed by atoms with Crippen LogP contribution in [0.3, 0.4) is 0 Å². The minimum Gasteiger partial charge on any atom is -0.387 e. The quantitative estimate of drug-likeness (QED) is 0.911. The number of hydrogen-bond donors (Lipinski definition) is 1. The lowest BCUT2D eigenvalue weighted by Crippen LogP contribution is -2.28. The highest BCUT2D eigenvalue weighted by Gasteiger charge is 2.48. The van der Waals surface area contributed by atoms with E-state index in [1.165, 1.54) is 0 Å². The van der Waals surface area contributed by atoms with Gasteiger partial charge in [-0.25, -0.2) is 8.42 Å². The summed E-state index contributed by atoms with van der Waals surface area (Å²) < 4.78 is 23.2. The molecule has 2 unspecified atom stereocenters. The van der Waals surface area contributed by atoms with Crippen molar-refractivity contribution >= 4 is 9.84 Å². The second-order valence-electron chi connectivity index (χ2n) is 5.11. The van der Waals surface area contributed by atoms with Crippen LogP contribution in [0.4, 0.5) is 0 Å². The molecule has 0 radical (unpaired) electrons. The fraction of sp³-hybridized carbons (Fsp3) is 0.500. The van der Waals surface area contributed by atoms with Gasteiger partial charge in [-0.15, -0.1) is 0 Å². The Kier molecular flexibility index (Phi) is 3.66. The molecule has 0 spiro atoms. The second-order valence-corrected chi connectivity index (χ2v) is 7.29. The molecule has 0 aliphatic carbocycles. The third-order valence-corrected chi connectivity index (χ3v) is 5.57. The van der Waals surface area contributed by atoms with Gasteiger partial charge in [-0.3, -0.25) is 0 Å². The van der Waals surface area contributed by atoms with Gasteiger partial charge in [0.2, 0.25) is 0 Å². The smallest absolute Gasteiger partial charge is 0.152 e. The van der Waals surface area contributed by atoms with Gasteiger partial charge < -0.3 is 5.11 Å². The molecule has 1 saturated heterocycles. The molecule has 0 amide bonds. The predicted octanol–water partition coefficient (Wildman–Crippen LogP) is 1.61. The molecule has 0 bridgehead atoms. The van der Waals surface area contributed by atoms with Crippen LogP contribution in [0.2, 0.25) is 0 Å². The van der Waals surface area contributed by atoms with Crippen molar-refractivity contribution in [1.29, 1.82) is 5.26 Å². The second kappa shape index (κ2) is 4.95. The first-order valence-corrected chi connectivity index (χ1v) is 8.13. The number of rotatable bonds is 3. The van der Waals surface area contributed by atoms with Gasteiger partial charge in [-0.1, -0.05) is 31.2 Å². The summed E-state index contributed by atoms with van der Waals surface area (Å²) in [4.78, 5) is 0. The highest BCUT2D eigenvalue weighted by molar-refractivity contribution is 7.91. The van der Waals surface area contributed by atoms with Gasteiger partial charge in [-0.05, 0) is 24.0 Å². The Morgan fingerprint density at radius 1 is 1.42 bits per heavy atom. The fourth-order valence-electron chi connectivity index (χ4n) is 2.49. The van der Waals surface area contributed by atoms with E-state index in [-0.39, 0.29) is 17.9 Å². The Labute approximate surface area is 113 Å². The summed E-state index contributed by atoms with van der Waals surface area (Å²) >= 11 is 0. The largest absolute Gasteiger partial charge is 0.387 e. The molecule has 19 heavy (non-hydrogen) atoms. The van der Waals surface area contributed by atoms with Crippen LogP contribution in [0.15, 0.2) is 24.3 Å². The molecule has 102 valence electrons. The minimum absolute atomic E-state index is 0.0232. The number of nitriles is 1. The Hall–Kier alpha value is -1.38. The highest BCUT2D eigenvalue weighted by Crippen LogP contribution is 2.42.